The first kappa shape index (κ1) is 18.4. The highest BCUT2D eigenvalue weighted by Gasteiger charge is 2.30. The Labute approximate surface area is 125 Å². The van der Waals surface area contributed by atoms with E-state index < -0.39 is 11.5 Å². The van der Waals surface area contributed by atoms with E-state index in [1.807, 2.05) is 18.2 Å². The second-order valence-electron chi connectivity index (χ2n) is 4.70. The van der Waals surface area contributed by atoms with E-state index in [9.17, 15) is 9.59 Å². The van der Waals surface area contributed by atoms with Crippen LogP contribution in [0, 0.1) is 5.92 Å². The van der Waals surface area contributed by atoms with Gasteiger partial charge in [0.25, 0.3) is 0 Å². The molecule has 0 saturated carbocycles. The van der Waals surface area contributed by atoms with E-state index in [0.29, 0.717) is 0 Å². The number of esters is 1. The van der Waals surface area contributed by atoms with Gasteiger partial charge in [0, 0.05) is 6.54 Å². The third-order valence-electron chi connectivity index (χ3n) is 3.02. The summed E-state index contributed by atoms with van der Waals surface area (Å²) in [6, 6.07) is 9.10. The molecule has 2 unspecified atom stereocenters. The second-order valence-corrected chi connectivity index (χ2v) is 4.70. The highest BCUT2D eigenvalue weighted by Crippen LogP contribution is 2.17. The summed E-state index contributed by atoms with van der Waals surface area (Å²) in [5.41, 5.74) is 5.64. The molecule has 1 aromatic carbocycles. The van der Waals surface area contributed by atoms with Crippen molar-refractivity contribution in [2.24, 2.45) is 11.7 Å². The predicted molar refractivity (Wildman–Crippen MR) is 79.4 cm³/mol. The van der Waals surface area contributed by atoms with Gasteiger partial charge >= 0.3 is 5.97 Å². The Kier molecular flexibility index (Phi) is 7.24. The van der Waals surface area contributed by atoms with Crippen molar-refractivity contribution >= 4 is 24.3 Å². The predicted octanol–water partition coefficient (Wildman–Crippen LogP) is 1.21. The topological polar surface area (TPSA) is 81.4 Å². The van der Waals surface area contributed by atoms with Crippen molar-refractivity contribution in [3.8, 4) is 0 Å². The van der Waals surface area contributed by atoms with Crippen LogP contribution in [0.5, 0.6) is 0 Å². The molecule has 20 heavy (non-hydrogen) atoms. The first-order valence-electron chi connectivity index (χ1n) is 6.10. The van der Waals surface area contributed by atoms with Crippen molar-refractivity contribution in [3.63, 3.8) is 0 Å². The number of benzene rings is 1. The quantitative estimate of drug-likeness (QED) is 0.801. The lowest BCUT2D eigenvalue weighted by Crippen LogP contribution is -2.50. The Morgan fingerprint density at radius 2 is 1.90 bits per heavy atom. The molecule has 0 fully saturated rings. The number of nitrogens with one attached hydrogen (secondary N) is 1. The van der Waals surface area contributed by atoms with Crippen molar-refractivity contribution in [1.82, 2.24) is 5.32 Å². The maximum absolute atomic E-state index is 12.1. The fourth-order valence-electron chi connectivity index (χ4n) is 1.63. The van der Waals surface area contributed by atoms with Crippen molar-refractivity contribution in [1.29, 1.82) is 0 Å². The number of hydrogen-bond acceptors (Lipinski definition) is 4. The zero-order valence-electron chi connectivity index (χ0n) is 11.9. The van der Waals surface area contributed by atoms with E-state index >= 15 is 0 Å². The van der Waals surface area contributed by atoms with E-state index in [1.54, 1.807) is 26.0 Å². The number of halogens is 1. The molecule has 6 heteroatoms. The molecule has 1 rings (SSSR count). The highest BCUT2D eigenvalue weighted by atomic mass is 35.5. The summed E-state index contributed by atoms with van der Waals surface area (Å²) in [6.45, 7) is 3.52. The maximum atomic E-state index is 12.1. The van der Waals surface area contributed by atoms with Crippen LogP contribution in [0.25, 0.3) is 0 Å². The van der Waals surface area contributed by atoms with Gasteiger partial charge in [0.1, 0.15) is 5.54 Å². The van der Waals surface area contributed by atoms with Gasteiger partial charge in [0.15, 0.2) is 0 Å². The number of carbonyl (C=O) groups is 2. The van der Waals surface area contributed by atoms with E-state index in [2.05, 4.69) is 10.1 Å². The van der Waals surface area contributed by atoms with E-state index in [0.717, 1.165) is 5.56 Å². The number of carbonyl (C=O) groups excluding carboxylic acids is 2. The van der Waals surface area contributed by atoms with E-state index in [1.165, 1.54) is 7.11 Å². The first-order valence-corrected chi connectivity index (χ1v) is 6.10. The average molecular weight is 301 g/mol. The van der Waals surface area contributed by atoms with Gasteiger partial charge in [0.2, 0.25) is 5.91 Å². The van der Waals surface area contributed by atoms with Crippen LogP contribution in [-0.4, -0.2) is 25.5 Å². The normalized spacial score (nSPS) is 14.4. The fourth-order valence-corrected chi connectivity index (χ4v) is 1.63. The number of ether oxygens (including phenoxy) is 1. The summed E-state index contributed by atoms with van der Waals surface area (Å²) in [5.74, 6) is -1.09. The Balaban J connectivity index is 0.00000361. The minimum Gasteiger partial charge on any atom is -0.469 e. The SMILES string of the molecule is COC(=O)C(C)CNC(=O)C(C)(N)c1ccccc1.Cl. The summed E-state index contributed by atoms with van der Waals surface area (Å²) in [7, 11) is 1.32. The van der Waals surface area contributed by atoms with Crippen molar-refractivity contribution in [2.75, 3.05) is 13.7 Å². The van der Waals surface area contributed by atoms with Gasteiger partial charge in [-0.25, -0.2) is 0 Å². The third-order valence-corrected chi connectivity index (χ3v) is 3.02. The lowest BCUT2D eigenvalue weighted by molar-refractivity contribution is -0.144. The minimum atomic E-state index is -1.13. The molecule has 0 spiro atoms. The van der Waals surface area contributed by atoms with Crippen LogP contribution < -0.4 is 11.1 Å². The highest BCUT2D eigenvalue weighted by molar-refractivity contribution is 5.87. The summed E-state index contributed by atoms with van der Waals surface area (Å²) in [4.78, 5) is 23.3. The van der Waals surface area contributed by atoms with Crippen LogP contribution in [-0.2, 0) is 19.9 Å². The number of hydrogen-bond donors (Lipinski definition) is 2. The van der Waals surface area contributed by atoms with Crippen LogP contribution in [0.4, 0.5) is 0 Å². The molecule has 0 aliphatic heterocycles. The zero-order chi connectivity index (χ0) is 14.5. The van der Waals surface area contributed by atoms with Gasteiger partial charge in [0.05, 0.1) is 13.0 Å². The monoisotopic (exact) mass is 300 g/mol. The Morgan fingerprint density at radius 3 is 2.40 bits per heavy atom. The van der Waals surface area contributed by atoms with Crippen LogP contribution in [0.2, 0.25) is 0 Å². The number of methoxy groups -OCH3 is 1. The second kappa shape index (κ2) is 7.87. The molecule has 3 N–H and O–H groups in total. The molecule has 0 saturated heterocycles. The molecule has 0 heterocycles. The Morgan fingerprint density at radius 1 is 1.35 bits per heavy atom. The van der Waals surface area contributed by atoms with Gasteiger partial charge in [-0.05, 0) is 12.5 Å². The lowest BCUT2D eigenvalue weighted by atomic mass is 9.92. The van der Waals surface area contributed by atoms with Crippen molar-refractivity contribution in [3.05, 3.63) is 35.9 Å². The molecular weight excluding hydrogens is 280 g/mol. The van der Waals surface area contributed by atoms with Crippen molar-refractivity contribution in [2.45, 2.75) is 19.4 Å². The third kappa shape index (κ3) is 4.51. The number of rotatable bonds is 5. The van der Waals surface area contributed by atoms with Gasteiger partial charge in [-0.2, -0.15) is 0 Å². The Bertz CT molecular complexity index is 449. The molecule has 2 atom stereocenters. The van der Waals surface area contributed by atoms with Crippen LogP contribution in [0.3, 0.4) is 0 Å². The van der Waals surface area contributed by atoms with Crippen LogP contribution in [0.1, 0.15) is 19.4 Å². The smallest absolute Gasteiger partial charge is 0.310 e. The largest absolute Gasteiger partial charge is 0.469 e. The van der Waals surface area contributed by atoms with Gasteiger partial charge in [-0.1, -0.05) is 37.3 Å². The summed E-state index contributed by atoms with van der Waals surface area (Å²) in [6.07, 6.45) is 0. The van der Waals surface area contributed by atoms with Gasteiger partial charge < -0.3 is 15.8 Å². The molecule has 0 aromatic heterocycles. The number of nitrogens with two attached hydrogens (primary N) is 1. The number of amides is 1. The van der Waals surface area contributed by atoms with Gasteiger partial charge in [-0.15, -0.1) is 12.4 Å². The molecule has 112 valence electrons. The molecule has 0 aliphatic rings. The fraction of sp³-hybridized carbons (Fsp3) is 0.429. The standard InChI is InChI=1S/C14H20N2O3.ClH/c1-10(12(17)19-3)9-16-13(18)14(2,15)11-7-5-4-6-8-11;/h4-8,10H,9,15H2,1-3H3,(H,16,18);1H. The molecule has 1 amide bonds. The maximum Gasteiger partial charge on any atom is 0.310 e. The van der Waals surface area contributed by atoms with E-state index in [-0.39, 0.29) is 30.8 Å². The molecule has 1 aromatic rings. The summed E-state index contributed by atoms with van der Waals surface area (Å²) in [5, 5.41) is 2.67. The molecule has 0 radical (unpaired) electrons. The minimum absolute atomic E-state index is 0. The average Bonchev–Trinajstić information content (AvgIpc) is 2.44. The molecular formula is C14H21ClN2O3. The molecule has 0 aliphatic carbocycles. The van der Waals surface area contributed by atoms with E-state index in [4.69, 9.17) is 5.73 Å². The Hall–Kier alpha value is -1.59. The zero-order valence-corrected chi connectivity index (χ0v) is 12.7. The van der Waals surface area contributed by atoms with Crippen LogP contribution >= 0.6 is 12.4 Å². The summed E-state index contributed by atoms with van der Waals surface area (Å²) < 4.78 is 4.59. The van der Waals surface area contributed by atoms with Crippen molar-refractivity contribution < 1.29 is 14.3 Å². The summed E-state index contributed by atoms with van der Waals surface area (Å²) >= 11 is 0. The van der Waals surface area contributed by atoms with Crippen LogP contribution in [0.15, 0.2) is 30.3 Å². The lowest BCUT2D eigenvalue weighted by Gasteiger charge is -2.24. The molecule has 0 bridgehead atoms. The first-order chi connectivity index (χ1) is 8.89. The van der Waals surface area contributed by atoms with Gasteiger partial charge in [-0.3, -0.25) is 9.59 Å². The molecule has 5 nitrogen and oxygen atoms in total.